The number of anilines is 1. The molecule has 0 N–H and O–H groups in total. The number of carbonyl (C=O) groups is 2. The van der Waals surface area contributed by atoms with Gasteiger partial charge in [0.15, 0.2) is 0 Å². The summed E-state index contributed by atoms with van der Waals surface area (Å²) in [5, 5.41) is 8.52. The number of Topliss-reactive ketones (excluding diaryl/α,β-unsaturated/α-hetero) is 1. The summed E-state index contributed by atoms with van der Waals surface area (Å²) in [6, 6.07) is 5.76. The van der Waals surface area contributed by atoms with Gasteiger partial charge in [-0.2, -0.15) is 5.26 Å². The Kier molecular flexibility index (Phi) is 3.15. The molecule has 0 spiro atoms. The van der Waals surface area contributed by atoms with Crippen molar-refractivity contribution in [1.82, 2.24) is 0 Å². The molecular weight excluding hydrogens is 228 g/mol. The first-order valence-electron chi connectivity index (χ1n) is 5.90. The minimum absolute atomic E-state index is 0.387. The third-order valence-electron chi connectivity index (χ3n) is 3.07. The van der Waals surface area contributed by atoms with Crippen molar-refractivity contribution >= 4 is 17.4 Å². The van der Waals surface area contributed by atoms with Crippen LogP contribution in [0.15, 0.2) is 12.1 Å². The Labute approximate surface area is 106 Å². The van der Waals surface area contributed by atoms with Gasteiger partial charge in [-0.05, 0) is 37.5 Å². The van der Waals surface area contributed by atoms with Crippen LogP contribution in [0.5, 0.6) is 0 Å². The molecule has 1 amide bonds. The third-order valence-corrected chi connectivity index (χ3v) is 3.07. The lowest BCUT2D eigenvalue weighted by Gasteiger charge is -2.18. The molecule has 4 nitrogen and oxygen atoms in total. The molecule has 1 aromatic rings. The van der Waals surface area contributed by atoms with Gasteiger partial charge in [0, 0.05) is 13.0 Å². The van der Waals surface area contributed by atoms with E-state index in [1.54, 1.807) is 6.07 Å². The smallest absolute Gasteiger partial charge is 0.299 e. The molecule has 0 unspecified atom stereocenters. The summed E-state index contributed by atoms with van der Waals surface area (Å²) in [4.78, 5) is 25.3. The van der Waals surface area contributed by atoms with Crippen LogP contribution in [0.1, 0.15) is 34.3 Å². The monoisotopic (exact) mass is 242 g/mol. The van der Waals surface area contributed by atoms with Crippen LogP contribution in [-0.2, 0) is 4.79 Å². The van der Waals surface area contributed by atoms with E-state index < -0.39 is 11.7 Å². The van der Waals surface area contributed by atoms with E-state index in [9.17, 15) is 9.59 Å². The maximum atomic E-state index is 11.9. The molecular formula is C14H14N2O2. The van der Waals surface area contributed by atoms with Crippen LogP contribution >= 0.6 is 0 Å². The largest absolute Gasteiger partial charge is 0.304 e. The molecule has 1 aromatic carbocycles. The van der Waals surface area contributed by atoms with Crippen LogP contribution in [0.2, 0.25) is 0 Å². The van der Waals surface area contributed by atoms with E-state index in [4.69, 9.17) is 5.26 Å². The van der Waals surface area contributed by atoms with Gasteiger partial charge in [0.05, 0.1) is 17.3 Å². The SMILES string of the molecule is Cc1cc(C)c2c(c1)C(=O)C(=O)N2CCCC#N. The fourth-order valence-corrected chi connectivity index (χ4v) is 2.36. The highest BCUT2D eigenvalue weighted by atomic mass is 16.2. The highest BCUT2D eigenvalue weighted by molar-refractivity contribution is 6.52. The van der Waals surface area contributed by atoms with E-state index in [0.717, 1.165) is 11.1 Å². The second kappa shape index (κ2) is 4.61. The van der Waals surface area contributed by atoms with Crippen LogP contribution in [-0.4, -0.2) is 18.2 Å². The van der Waals surface area contributed by atoms with E-state index in [2.05, 4.69) is 0 Å². The van der Waals surface area contributed by atoms with Crippen molar-refractivity contribution in [1.29, 1.82) is 5.26 Å². The average molecular weight is 242 g/mol. The average Bonchev–Trinajstić information content (AvgIpc) is 2.55. The van der Waals surface area contributed by atoms with Gasteiger partial charge in [0.2, 0.25) is 0 Å². The van der Waals surface area contributed by atoms with Crippen LogP contribution < -0.4 is 4.90 Å². The number of benzene rings is 1. The topological polar surface area (TPSA) is 61.2 Å². The van der Waals surface area contributed by atoms with Crippen molar-refractivity contribution in [2.75, 3.05) is 11.4 Å². The maximum absolute atomic E-state index is 11.9. The first-order valence-corrected chi connectivity index (χ1v) is 5.90. The Morgan fingerprint density at radius 2 is 2.00 bits per heavy atom. The zero-order valence-electron chi connectivity index (χ0n) is 10.5. The number of hydrogen-bond acceptors (Lipinski definition) is 3. The van der Waals surface area contributed by atoms with Crippen molar-refractivity contribution in [2.24, 2.45) is 0 Å². The summed E-state index contributed by atoms with van der Waals surface area (Å²) in [5.74, 6) is -0.912. The first kappa shape index (κ1) is 12.3. The van der Waals surface area contributed by atoms with Gasteiger partial charge < -0.3 is 4.90 Å². The van der Waals surface area contributed by atoms with Gasteiger partial charge in [-0.25, -0.2) is 0 Å². The number of aryl methyl sites for hydroxylation is 2. The normalized spacial score (nSPS) is 13.7. The van der Waals surface area contributed by atoms with E-state index >= 15 is 0 Å². The van der Waals surface area contributed by atoms with Crippen LogP contribution in [0.4, 0.5) is 5.69 Å². The fraction of sp³-hybridized carbons (Fsp3) is 0.357. The number of unbranched alkanes of at least 4 members (excludes halogenated alkanes) is 1. The number of fused-ring (bicyclic) bond motifs is 1. The molecule has 0 atom stereocenters. The number of amides is 1. The summed E-state index contributed by atoms with van der Waals surface area (Å²) in [6.07, 6.45) is 0.973. The van der Waals surface area contributed by atoms with Gasteiger partial charge >= 0.3 is 0 Å². The number of nitriles is 1. The third kappa shape index (κ3) is 1.88. The molecule has 0 aromatic heterocycles. The molecule has 0 fully saturated rings. The predicted octanol–water partition coefficient (Wildman–Crippen LogP) is 2.14. The van der Waals surface area contributed by atoms with Crippen LogP contribution in [0.3, 0.4) is 0 Å². The van der Waals surface area contributed by atoms with Gasteiger partial charge in [0.25, 0.3) is 11.7 Å². The summed E-state index contributed by atoms with van der Waals surface area (Å²) >= 11 is 0. The molecule has 1 aliphatic heterocycles. The van der Waals surface area contributed by atoms with Crippen molar-refractivity contribution < 1.29 is 9.59 Å². The standard InChI is InChI=1S/C14H14N2O2/c1-9-7-10(2)12-11(8-9)13(17)14(18)16(12)6-4-3-5-15/h7-8H,3-4,6H2,1-2H3. The minimum atomic E-state index is -0.475. The highest BCUT2D eigenvalue weighted by Crippen LogP contribution is 2.33. The molecule has 0 radical (unpaired) electrons. The first-order chi connectivity index (χ1) is 8.56. The Morgan fingerprint density at radius 1 is 1.28 bits per heavy atom. The molecule has 1 heterocycles. The Hall–Kier alpha value is -2.15. The van der Waals surface area contributed by atoms with Crippen molar-refractivity contribution in [3.63, 3.8) is 0 Å². The maximum Gasteiger partial charge on any atom is 0.299 e. The number of carbonyl (C=O) groups excluding carboxylic acids is 2. The van der Waals surface area contributed by atoms with Crippen molar-refractivity contribution in [3.05, 3.63) is 28.8 Å². The molecule has 0 saturated heterocycles. The van der Waals surface area contributed by atoms with Crippen molar-refractivity contribution in [3.8, 4) is 6.07 Å². The molecule has 0 saturated carbocycles. The van der Waals surface area contributed by atoms with Crippen LogP contribution in [0, 0.1) is 25.2 Å². The van der Waals surface area contributed by atoms with E-state index in [-0.39, 0.29) is 0 Å². The van der Waals surface area contributed by atoms with Crippen LogP contribution in [0.25, 0.3) is 0 Å². The summed E-state index contributed by atoms with van der Waals surface area (Å²) in [7, 11) is 0. The van der Waals surface area contributed by atoms with Gasteiger partial charge in [-0.1, -0.05) is 6.07 Å². The molecule has 92 valence electrons. The zero-order valence-corrected chi connectivity index (χ0v) is 10.5. The van der Waals surface area contributed by atoms with Crippen molar-refractivity contribution in [2.45, 2.75) is 26.7 Å². The van der Waals surface area contributed by atoms with Gasteiger partial charge in [0.1, 0.15) is 0 Å². The molecule has 18 heavy (non-hydrogen) atoms. The number of rotatable bonds is 3. The summed E-state index contributed by atoms with van der Waals surface area (Å²) < 4.78 is 0. The quantitative estimate of drug-likeness (QED) is 0.602. The Balaban J connectivity index is 2.39. The van der Waals surface area contributed by atoms with E-state index in [1.807, 2.05) is 26.0 Å². The molecule has 2 rings (SSSR count). The zero-order chi connectivity index (χ0) is 13.3. The summed E-state index contributed by atoms with van der Waals surface area (Å²) in [6.45, 7) is 4.23. The fourth-order valence-electron chi connectivity index (χ4n) is 2.36. The summed E-state index contributed by atoms with van der Waals surface area (Å²) in [5.41, 5.74) is 3.12. The second-order valence-corrected chi connectivity index (χ2v) is 4.53. The number of ketones is 1. The van der Waals surface area contributed by atoms with Gasteiger partial charge in [-0.3, -0.25) is 9.59 Å². The highest BCUT2D eigenvalue weighted by Gasteiger charge is 2.36. The molecule has 1 aliphatic rings. The lowest BCUT2D eigenvalue weighted by molar-refractivity contribution is -0.114. The van der Waals surface area contributed by atoms with E-state index in [0.29, 0.717) is 30.6 Å². The lowest BCUT2D eigenvalue weighted by atomic mass is 10.0. The predicted molar refractivity (Wildman–Crippen MR) is 67.4 cm³/mol. The van der Waals surface area contributed by atoms with E-state index in [1.165, 1.54) is 4.90 Å². The number of hydrogen-bond donors (Lipinski definition) is 0. The lowest BCUT2D eigenvalue weighted by Crippen LogP contribution is -2.30. The Morgan fingerprint density at radius 3 is 2.67 bits per heavy atom. The Bertz CT molecular complexity index is 570. The minimum Gasteiger partial charge on any atom is -0.304 e. The number of nitrogens with zero attached hydrogens (tertiary/aromatic N) is 2. The molecule has 0 aliphatic carbocycles. The molecule has 0 bridgehead atoms. The second-order valence-electron chi connectivity index (χ2n) is 4.53. The molecule has 4 heteroatoms. The van der Waals surface area contributed by atoms with Gasteiger partial charge in [-0.15, -0.1) is 0 Å².